The molecule has 0 saturated carbocycles. The summed E-state index contributed by atoms with van der Waals surface area (Å²) < 4.78 is 15.5. The number of methoxy groups -OCH3 is 1. The summed E-state index contributed by atoms with van der Waals surface area (Å²) in [5.74, 6) is 1.74. The number of rotatable bonds is 3. The number of benzene rings is 2. The van der Waals surface area contributed by atoms with Crippen molar-refractivity contribution in [2.24, 2.45) is 0 Å². The van der Waals surface area contributed by atoms with Crippen molar-refractivity contribution in [3.05, 3.63) is 41.5 Å². The van der Waals surface area contributed by atoms with Crippen molar-refractivity contribution in [1.82, 2.24) is 0 Å². The van der Waals surface area contributed by atoms with Crippen LogP contribution in [0.3, 0.4) is 0 Å². The van der Waals surface area contributed by atoms with Gasteiger partial charge in [-0.2, -0.15) is 0 Å². The molecule has 1 aliphatic rings. The molecule has 3 rings (SSSR count). The second-order valence-corrected chi connectivity index (χ2v) is 4.52. The van der Waals surface area contributed by atoms with E-state index >= 15 is 0 Å². The number of aromatic hydroxyl groups is 2. The van der Waals surface area contributed by atoms with E-state index in [1.54, 1.807) is 0 Å². The Balaban J connectivity index is 1.89. The first kappa shape index (κ1) is 12.5. The fraction of sp³-hybridized carbons (Fsp3) is 0.200. The van der Waals surface area contributed by atoms with E-state index in [1.165, 1.54) is 19.2 Å². The lowest BCUT2D eigenvalue weighted by molar-refractivity contribution is 0.174. The predicted molar refractivity (Wildman–Crippen MR) is 71.7 cm³/mol. The molecule has 0 fully saturated rings. The van der Waals surface area contributed by atoms with E-state index in [1.807, 2.05) is 18.2 Å². The summed E-state index contributed by atoms with van der Waals surface area (Å²) >= 11 is 0. The Kier molecular flexibility index (Phi) is 3.02. The number of hydrogen-bond donors (Lipinski definition) is 2. The minimum Gasteiger partial charge on any atom is -0.508 e. The predicted octanol–water partition coefficient (Wildman–Crippen LogP) is 2.43. The molecule has 0 aliphatic carbocycles. The third-order valence-corrected chi connectivity index (χ3v) is 3.21. The van der Waals surface area contributed by atoms with Crippen molar-refractivity contribution in [1.29, 1.82) is 0 Å². The molecule has 0 amide bonds. The van der Waals surface area contributed by atoms with Crippen LogP contribution in [-0.2, 0) is 6.42 Å². The Morgan fingerprint density at radius 1 is 1.05 bits per heavy atom. The van der Waals surface area contributed by atoms with Gasteiger partial charge in [0, 0.05) is 18.1 Å². The summed E-state index contributed by atoms with van der Waals surface area (Å²) in [7, 11) is 1.44. The zero-order valence-electron chi connectivity index (χ0n) is 10.9. The van der Waals surface area contributed by atoms with Crippen LogP contribution in [0.4, 0.5) is 0 Å². The number of phenols is 2. The molecule has 5 heteroatoms. The fourth-order valence-electron chi connectivity index (χ4n) is 2.18. The molecule has 0 radical (unpaired) electrons. The maximum absolute atomic E-state index is 9.95. The number of fused-ring (bicyclic) bond motifs is 1. The van der Waals surface area contributed by atoms with Crippen LogP contribution in [0, 0.1) is 0 Å². The van der Waals surface area contributed by atoms with Crippen LogP contribution < -0.4 is 14.2 Å². The second-order valence-electron chi connectivity index (χ2n) is 4.52. The molecule has 0 aromatic heterocycles. The fourth-order valence-corrected chi connectivity index (χ4v) is 2.18. The van der Waals surface area contributed by atoms with E-state index in [-0.39, 0.29) is 24.0 Å². The zero-order valence-corrected chi connectivity index (χ0v) is 10.9. The van der Waals surface area contributed by atoms with Gasteiger partial charge in [0.15, 0.2) is 23.0 Å². The third-order valence-electron chi connectivity index (χ3n) is 3.21. The molecule has 0 bridgehead atoms. The minimum atomic E-state index is 0.000966. The van der Waals surface area contributed by atoms with E-state index in [4.69, 9.17) is 14.2 Å². The summed E-state index contributed by atoms with van der Waals surface area (Å²) in [6.07, 6.45) is 0.472. The lowest BCUT2D eigenvalue weighted by atomic mass is 10.0. The highest BCUT2D eigenvalue weighted by Gasteiger charge is 2.15. The molecule has 2 aromatic rings. The SMILES string of the molecule is COc1cc(O)c(Cc2ccc3c(c2)OCO3)cc1O. The van der Waals surface area contributed by atoms with Crippen LogP contribution in [0.25, 0.3) is 0 Å². The van der Waals surface area contributed by atoms with Crippen LogP contribution in [0.5, 0.6) is 28.7 Å². The maximum atomic E-state index is 9.95. The molecule has 20 heavy (non-hydrogen) atoms. The number of ether oxygens (including phenoxy) is 3. The quantitative estimate of drug-likeness (QED) is 0.841. The normalized spacial score (nSPS) is 12.4. The van der Waals surface area contributed by atoms with E-state index in [0.29, 0.717) is 17.7 Å². The van der Waals surface area contributed by atoms with Crippen LogP contribution in [0.2, 0.25) is 0 Å². The van der Waals surface area contributed by atoms with Gasteiger partial charge in [-0.25, -0.2) is 0 Å². The highest BCUT2D eigenvalue weighted by Crippen LogP contribution is 2.36. The molecule has 0 unspecified atom stereocenters. The standard InChI is InChI=1S/C15H14O5/c1-18-14-7-11(16)10(6-12(14)17)4-9-2-3-13-15(5-9)20-8-19-13/h2-3,5-7,16-17H,4,8H2,1H3. The molecular weight excluding hydrogens is 260 g/mol. The third kappa shape index (κ3) is 2.18. The van der Waals surface area contributed by atoms with E-state index in [2.05, 4.69) is 0 Å². The highest BCUT2D eigenvalue weighted by atomic mass is 16.7. The van der Waals surface area contributed by atoms with Gasteiger partial charge in [0.1, 0.15) is 5.75 Å². The Morgan fingerprint density at radius 2 is 1.85 bits per heavy atom. The molecule has 1 heterocycles. The van der Waals surface area contributed by atoms with Gasteiger partial charge in [0.2, 0.25) is 6.79 Å². The van der Waals surface area contributed by atoms with Gasteiger partial charge in [0.05, 0.1) is 7.11 Å². The Labute approximate surface area is 116 Å². The number of hydrogen-bond acceptors (Lipinski definition) is 5. The summed E-state index contributed by atoms with van der Waals surface area (Å²) in [4.78, 5) is 0. The Hall–Kier alpha value is -2.56. The first-order valence-electron chi connectivity index (χ1n) is 6.15. The van der Waals surface area contributed by atoms with Crippen LogP contribution in [-0.4, -0.2) is 24.1 Å². The first-order valence-corrected chi connectivity index (χ1v) is 6.15. The van der Waals surface area contributed by atoms with Crippen molar-refractivity contribution in [3.8, 4) is 28.7 Å². The topological polar surface area (TPSA) is 68.2 Å². The smallest absolute Gasteiger partial charge is 0.231 e. The Morgan fingerprint density at radius 3 is 2.65 bits per heavy atom. The van der Waals surface area contributed by atoms with Crippen molar-refractivity contribution in [2.75, 3.05) is 13.9 Å². The first-order chi connectivity index (χ1) is 9.67. The van der Waals surface area contributed by atoms with Crippen molar-refractivity contribution in [3.63, 3.8) is 0 Å². The van der Waals surface area contributed by atoms with Crippen LogP contribution in [0.1, 0.15) is 11.1 Å². The van der Waals surface area contributed by atoms with Crippen LogP contribution in [0.15, 0.2) is 30.3 Å². The van der Waals surface area contributed by atoms with Gasteiger partial charge in [-0.05, 0) is 23.8 Å². The van der Waals surface area contributed by atoms with Gasteiger partial charge in [-0.3, -0.25) is 0 Å². The second kappa shape index (κ2) is 4.85. The molecule has 5 nitrogen and oxygen atoms in total. The lowest BCUT2D eigenvalue weighted by Crippen LogP contribution is -1.93. The molecular formula is C15H14O5. The molecule has 0 atom stereocenters. The van der Waals surface area contributed by atoms with Gasteiger partial charge >= 0.3 is 0 Å². The van der Waals surface area contributed by atoms with Gasteiger partial charge in [-0.1, -0.05) is 6.07 Å². The molecule has 2 aromatic carbocycles. The van der Waals surface area contributed by atoms with E-state index < -0.39 is 0 Å². The molecule has 0 saturated heterocycles. The minimum absolute atomic E-state index is 0.000966. The molecule has 104 valence electrons. The molecule has 0 spiro atoms. The maximum Gasteiger partial charge on any atom is 0.231 e. The average molecular weight is 274 g/mol. The van der Waals surface area contributed by atoms with Gasteiger partial charge in [-0.15, -0.1) is 0 Å². The largest absolute Gasteiger partial charge is 0.508 e. The number of phenolic OH excluding ortho intramolecular Hbond substituents is 2. The van der Waals surface area contributed by atoms with Crippen molar-refractivity contribution < 1.29 is 24.4 Å². The monoisotopic (exact) mass is 274 g/mol. The lowest BCUT2D eigenvalue weighted by Gasteiger charge is -2.09. The summed E-state index contributed by atoms with van der Waals surface area (Å²) in [5.41, 5.74) is 1.57. The summed E-state index contributed by atoms with van der Waals surface area (Å²) in [6.45, 7) is 0.230. The van der Waals surface area contributed by atoms with E-state index in [0.717, 1.165) is 11.3 Å². The van der Waals surface area contributed by atoms with Crippen molar-refractivity contribution in [2.45, 2.75) is 6.42 Å². The van der Waals surface area contributed by atoms with Crippen LogP contribution >= 0.6 is 0 Å². The zero-order chi connectivity index (χ0) is 14.1. The molecule has 1 aliphatic heterocycles. The summed E-state index contributed by atoms with van der Waals surface area (Å²) in [6, 6.07) is 8.49. The van der Waals surface area contributed by atoms with Crippen molar-refractivity contribution >= 4 is 0 Å². The van der Waals surface area contributed by atoms with Gasteiger partial charge in [0.25, 0.3) is 0 Å². The molecule has 2 N–H and O–H groups in total. The highest BCUT2D eigenvalue weighted by molar-refractivity contribution is 5.52. The van der Waals surface area contributed by atoms with E-state index in [9.17, 15) is 10.2 Å². The summed E-state index contributed by atoms with van der Waals surface area (Å²) in [5, 5.41) is 19.7. The average Bonchev–Trinajstić information content (AvgIpc) is 2.90. The van der Waals surface area contributed by atoms with Gasteiger partial charge < -0.3 is 24.4 Å². The Bertz CT molecular complexity index is 651.